The first kappa shape index (κ1) is 18.9. The molecule has 0 saturated heterocycles. The van der Waals surface area contributed by atoms with E-state index < -0.39 is 5.69 Å². The van der Waals surface area contributed by atoms with E-state index in [1.807, 2.05) is 0 Å². The van der Waals surface area contributed by atoms with E-state index in [1.54, 1.807) is 0 Å². The highest BCUT2D eigenvalue weighted by Crippen LogP contribution is 2.26. The van der Waals surface area contributed by atoms with E-state index in [0.29, 0.717) is 6.54 Å². The van der Waals surface area contributed by atoms with Gasteiger partial charge in [0.15, 0.2) is 0 Å². The van der Waals surface area contributed by atoms with Crippen molar-refractivity contribution in [3.8, 4) is 0 Å². The van der Waals surface area contributed by atoms with Crippen molar-refractivity contribution in [2.75, 3.05) is 6.54 Å². The first-order valence-electron chi connectivity index (χ1n) is 8.43. The molecule has 0 bridgehead atoms. The van der Waals surface area contributed by atoms with Gasteiger partial charge in [0.05, 0.1) is 0 Å². The number of amides is 1. The molecule has 1 heterocycles. The number of carbonyl (C=O) groups is 1. The molecule has 0 unspecified atom stereocenters. The monoisotopic (exact) mass is 345 g/mol. The Morgan fingerprint density at radius 1 is 1.16 bits per heavy atom. The molecule has 2 aromatic rings. The van der Waals surface area contributed by atoms with Crippen molar-refractivity contribution in [3.05, 3.63) is 44.9 Å². The molecule has 1 aromatic heterocycles. The molecule has 7 heteroatoms. The first-order valence-corrected chi connectivity index (χ1v) is 8.43. The number of nitrogens with one attached hydrogen (secondary N) is 1. The second kappa shape index (κ2) is 7.21. The third-order valence-electron chi connectivity index (χ3n) is 4.33. The van der Waals surface area contributed by atoms with E-state index >= 15 is 0 Å². The van der Waals surface area contributed by atoms with E-state index in [4.69, 9.17) is 0 Å². The minimum Gasteiger partial charge on any atom is -0.354 e. The van der Waals surface area contributed by atoms with Crippen LogP contribution in [0, 0.1) is 13.8 Å². The highest BCUT2D eigenvalue weighted by molar-refractivity contribution is 5.75. The van der Waals surface area contributed by atoms with Crippen LogP contribution < -0.4 is 11.0 Å². The first-order chi connectivity index (χ1) is 11.6. The molecule has 0 aliphatic carbocycles. The number of hydrogen-bond donors (Lipinski definition) is 1. The van der Waals surface area contributed by atoms with Crippen LogP contribution in [0.5, 0.6) is 0 Å². The lowest BCUT2D eigenvalue weighted by atomic mass is 9.83. The Labute approximate surface area is 148 Å². The third-order valence-corrected chi connectivity index (χ3v) is 4.33. The maximum atomic E-state index is 12.0. The van der Waals surface area contributed by atoms with Gasteiger partial charge in [-0.2, -0.15) is 9.36 Å². The molecule has 0 fully saturated rings. The van der Waals surface area contributed by atoms with Crippen molar-refractivity contribution < 1.29 is 4.79 Å². The number of rotatable bonds is 5. The smallest absolute Gasteiger partial charge is 0.354 e. The summed E-state index contributed by atoms with van der Waals surface area (Å²) < 4.78 is 2.14. The summed E-state index contributed by atoms with van der Waals surface area (Å²) >= 11 is 0. The van der Waals surface area contributed by atoms with E-state index in [1.165, 1.54) is 29.3 Å². The predicted octanol–water partition coefficient (Wildman–Crippen LogP) is 1.25. The van der Waals surface area contributed by atoms with Crippen LogP contribution in [-0.4, -0.2) is 32.2 Å². The van der Waals surface area contributed by atoms with Crippen molar-refractivity contribution in [1.82, 2.24) is 25.1 Å². The second-order valence-corrected chi connectivity index (χ2v) is 7.48. The fourth-order valence-corrected chi connectivity index (χ4v) is 2.79. The lowest BCUT2D eigenvalue weighted by Gasteiger charge is -2.22. The molecule has 0 saturated carbocycles. The minimum absolute atomic E-state index is 0.117. The van der Waals surface area contributed by atoms with Gasteiger partial charge in [0, 0.05) is 13.6 Å². The lowest BCUT2D eigenvalue weighted by molar-refractivity contribution is -0.121. The number of nitrogens with zero attached hydrogens (tertiary/aromatic N) is 4. The minimum atomic E-state index is -0.403. The maximum absolute atomic E-state index is 12.0. The van der Waals surface area contributed by atoms with Gasteiger partial charge in [-0.15, -0.1) is 0 Å². The second-order valence-electron chi connectivity index (χ2n) is 7.48. The van der Waals surface area contributed by atoms with E-state index in [9.17, 15) is 9.59 Å². The van der Waals surface area contributed by atoms with Crippen LogP contribution in [0.1, 0.15) is 43.0 Å². The number of aryl methyl sites for hydroxylation is 3. The number of aromatic nitrogens is 4. The van der Waals surface area contributed by atoms with Gasteiger partial charge in [0.1, 0.15) is 6.54 Å². The fourth-order valence-electron chi connectivity index (χ4n) is 2.79. The van der Waals surface area contributed by atoms with E-state index in [-0.39, 0.29) is 17.9 Å². The normalized spacial score (nSPS) is 11.6. The number of carbonyl (C=O) groups excluding carboxylic acids is 1. The van der Waals surface area contributed by atoms with Gasteiger partial charge in [-0.05, 0) is 58.4 Å². The lowest BCUT2D eigenvalue weighted by Crippen LogP contribution is -2.34. The topological polar surface area (TPSA) is 81.8 Å². The van der Waals surface area contributed by atoms with Crippen LogP contribution in [0.15, 0.2) is 16.9 Å². The van der Waals surface area contributed by atoms with Crippen LogP contribution in [0.2, 0.25) is 0 Å². The van der Waals surface area contributed by atoms with Gasteiger partial charge in [0.2, 0.25) is 5.91 Å². The molecule has 0 atom stereocenters. The Morgan fingerprint density at radius 2 is 1.76 bits per heavy atom. The van der Waals surface area contributed by atoms with Gasteiger partial charge in [0.25, 0.3) is 0 Å². The molecule has 1 aromatic carbocycles. The van der Waals surface area contributed by atoms with E-state index in [0.717, 1.165) is 15.8 Å². The Balaban J connectivity index is 1.96. The Morgan fingerprint density at radius 3 is 2.24 bits per heavy atom. The quantitative estimate of drug-likeness (QED) is 0.884. The summed E-state index contributed by atoms with van der Waals surface area (Å²) in [5.74, 6) is -0.246. The summed E-state index contributed by atoms with van der Waals surface area (Å²) in [5.41, 5.74) is 4.77. The largest absolute Gasteiger partial charge is 0.363 e. The van der Waals surface area contributed by atoms with Crippen LogP contribution in [0.4, 0.5) is 0 Å². The molecule has 1 amide bonds. The highest BCUT2D eigenvalue weighted by atomic mass is 16.2. The molecular formula is C18H27N5O2. The molecule has 1 N–H and O–H groups in total. The molecule has 2 rings (SSSR count). The van der Waals surface area contributed by atoms with Crippen LogP contribution in [-0.2, 0) is 30.2 Å². The van der Waals surface area contributed by atoms with Gasteiger partial charge in [-0.25, -0.2) is 4.79 Å². The third kappa shape index (κ3) is 4.55. The zero-order valence-corrected chi connectivity index (χ0v) is 15.9. The summed E-state index contributed by atoms with van der Waals surface area (Å²) in [6.45, 7) is 11.2. The molecule has 0 radical (unpaired) electrons. The molecule has 0 aliphatic rings. The standard InChI is InChI=1S/C18H27N5O2/c1-12-9-14(18(3,4)5)10-13(2)15(12)7-8-19-16(24)11-23-17(25)22(6)20-21-23/h9-10H,7-8,11H2,1-6H3,(H,19,24). The van der Waals surface area contributed by atoms with Gasteiger partial charge >= 0.3 is 5.69 Å². The molecule has 7 nitrogen and oxygen atoms in total. The SMILES string of the molecule is Cc1cc(C(C)(C)C)cc(C)c1CCNC(=O)Cn1nnn(C)c1=O. The summed E-state index contributed by atoms with van der Waals surface area (Å²) in [4.78, 5) is 23.6. The van der Waals surface area contributed by atoms with Gasteiger partial charge < -0.3 is 5.32 Å². The summed E-state index contributed by atoms with van der Waals surface area (Å²) in [7, 11) is 1.50. The number of tetrazole rings is 1. The Hall–Kier alpha value is -2.44. The zero-order valence-electron chi connectivity index (χ0n) is 15.9. The van der Waals surface area contributed by atoms with Crippen molar-refractivity contribution >= 4 is 5.91 Å². The van der Waals surface area contributed by atoms with Crippen molar-refractivity contribution in [2.45, 2.75) is 53.0 Å². The van der Waals surface area contributed by atoms with Crippen LogP contribution in [0.3, 0.4) is 0 Å². The van der Waals surface area contributed by atoms with Gasteiger partial charge in [-0.1, -0.05) is 32.9 Å². The number of benzene rings is 1. The molecule has 25 heavy (non-hydrogen) atoms. The highest BCUT2D eigenvalue weighted by Gasteiger charge is 2.16. The van der Waals surface area contributed by atoms with E-state index in [2.05, 4.69) is 62.5 Å². The molecule has 0 aliphatic heterocycles. The average Bonchev–Trinajstić information content (AvgIpc) is 2.81. The Kier molecular flexibility index (Phi) is 5.45. The molecule has 0 spiro atoms. The number of hydrogen-bond acceptors (Lipinski definition) is 4. The van der Waals surface area contributed by atoms with Crippen molar-refractivity contribution in [1.29, 1.82) is 0 Å². The van der Waals surface area contributed by atoms with Crippen molar-refractivity contribution in [3.63, 3.8) is 0 Å². The summed E-state index contributed by atoms with van der Waals surface area (Å²) in [6, 6.07) is 4.45. The predicted molar refractivity (Wildman–Crippen MR) is 96.6 cm³/mol. The fraction of sp³-hybridized carbons (Fsp3) is 0.556. The summed E-state index contributed by atoms with van der Waals surface area (Å²) in [5, 5.41) is 10.1. The van der Waals surface area contributed by atoms with Crippen LogP contribution >= 0.6 is 0 Å². The van der Waals surface area contributed by atoms with Gasteiger partial charge in [-0.3, -0.25) is 4.79 Å². The average molecular weight is 345 g/mol. The van der Waals surface area contributed by atoms with Crippen molar-refractivity contribution in [2.24, 2.45) is 7.05 Å². The molecular weight excluding hydrogens is 318 g/mol. The zero-order chi connectivity index (χ0) is 18.8. The maximum Gasteiger partial charge on any atom is 0.363 e. The molecule has 136 valence electrons. The Bertz CT molecular complexity index is 804. The summed E-state index contributed by atoms with van der Waals surface area (Å²) in [6.07, 6.45) is 0.753. The van der Waals surface area contributed by atoms with Crippen LogP contribution in [0.25, 0.3) is 0 Å².